The molecule has 2 aromatic rings. The number of para-hydroxylation sites is 1. The van der Waals surface area contributed by atoms with E-state index in [4.69, 9.17) is 5.73 Å². The van der Waals surface area contributed by atoms with Crippen molar-refractivity contribution < 1.29 is 9.59 Å². The largest absolute Gasteiger partial charge is 0.368 e. The van der Waals surface area contributed by atoms with Crippen molar-refractivity contribution in [2.24, 2.45) is 5.73 Å². The molecule has 7 heteroatoms. The molecule has 1 unspecified atom stereocenters. The number of thioether (sulfide) groups is 1. The predicted molar refractivity (Wildman–Crippen MR) is 93.5 cm³/mol. The number of carbonyl (C=O) groups excluding carboxylic acids is 2. The molecule has 0 saturated carbocycles. The summed E-state index contributed by atoms with van der Waals surface area (Å²) in [5.74, 6) is 0.432. The van der Waals surface area contributed by atoms with Crippen molar-refractivity contribution in [2.45, 2.75) is 37.3 Å². The van der Waals surface area contributed by atoms with Gasteiger partial charge >= 0.3 is 0 Å². The SMILES string of the molecule is Cc1nc(SCC(=O)N2CCCCC2C(N)=O)c2ccccc2n1. The summed E-state index contributed by atoms with van der Waals surface area (Å²) < 4.78 is 0. The van der Waals surface area contributed by atoms with Crippen LogP contribution in [0.2, 0.25) is 0 Å². The van der Waals surface area contributed by atoms with Gasteiger partial charge in [-0.1, -0.05) is 30.0 Å². The number of rotatable bonds is 4. The van der Waals surface area contributed by atoms with Crippen molar-refractivity contribution in [3.63, 3.8) is 0 Å². The summed E-state index contributed by atoms with van der Waals surface area (Å²) in [7, 11) is 0. The van der Waals surface area contributed by atoms with Crippen LogP contribution in [-0.4, -0.2) is 45.0 Å². The Morgan fingerprint density at radius 2 is 2.08 bits per heavy atom. The van der Waals surface area contributed by atoms with E-state index >= 15 is 0 Å². The molecule has 24 heavy (non-hydrogen) atoms. The fraction of sp³-hybridized carbons (Fsp3) is 0.412. The third-order valence-corrected chi connectivity index (χ3v) is 5.14. The first-order valence-corrected chi connectivity index (χ1v) is 9.00. The van der Waals surface area contributed by atoms with Crippen LogP contribution in [0, 0.1) is 6.92 Å². The third kappa shape index (κ3) is 3.51. The van der Waals surface area contributed by atoms with Crippen molar-refractivity contribution in [3.8, 4) is 0 Å². The topological polar surface area (TPSA) is 89.2 Å². The Bertz CT molecular complexity index is 780. The molecule has 0 spiro atoms. The van der Waals surface area contributed by atoms with Crippen molar-refractivity contribution in [2.75, 3.05) is 12.3 Å². The van der Waals surface area contributed by atoms with Gasteiger partial charge in [0.05, 0.1) is 11.3 Å². The van der Waals surface area contributed by atoms with Crippen LogP contribution in [-0.2, 0) is 9.59 Å². The van der Waals surface area contributed by atoms with E-state index in [0.717, 1.165) is 28.8 Å². The van der Waals surface area contributed by atoms with Crippen LogP contribution in [0.3, 0.4) is 0 Å². The van der Waals surface area contributed by atoms with Crippen LogP contribution in [0.5, 0.6) is 0 Å². The molecule has 1 fully saturated rings. The minimum absolute atomic E-state index is 0.0659. The average Bonchev–Trinajstić information content (AvgIpc) is 2.59. The molecule has 1 aromatic carbocycles. The maximum atomic E-state index is 12.6. The van der Waals surface area contributed by atoms with E-state index in [0.29, 0.717) is 18.8 Å². The van der Waals surface area contributed by atoms with E-state index in [9.17, 15) is 9.59 Å². The molecule has 0 bridgehead atoms. The Morgan fingerprint density at radius 1 is 1.29 bits per heavy atom. The molecule has 3 rings (SSSR count). The molecular formula is C17H20N4O2S. The fourth-order valence-electron chi connectivity index (χ4n) is 3.01. The van der Waals surface area contributed by atoms with E-state index in [1.807, 2.05) is 31.2 Å². The van der Waals surface area contributed by atoms with Crippen molar-refractivity contribution in [1.29, 1.82) is 0 Å². The number of aryl methyl sites for hydroxylation is 1. The highest BCUT2D eigenvalue weighted by atomic mass is 32.2. The van der Waals surface area contributed by atoms with Crippen molar-refractivity contribution >= 4 is 34.5 Å². The minimum atomic E-state index is -0.476. The minimum Gasteiger partial charge on any atom is -0.368 e. The first-order chi connectivity index (χ1) is 11.6. The molecule has 0 radical (unpaired) electrons. The lowest BCUT2D eigenvalue weighted by atomic mass is 10.0. The second-order valence-corrected chi connectivity index (χ2v) is 6.85. The summed E-state index contributed by atoms with van der Waals surface area (Å²) in [6.07, 6.45) is 2.50. The lowest BCUT2D eigenvalue weighted by Gasteiger charge is -2.33. The van der Waals surface area contributed by atoms with Gasteiger partial charge in [-0.05, 0) is 32.3 Å². The number of primary amides is 1. The van der Waals surface area contributed by atoms with E-state index in [-0.39, 0.29) is 11.7 Å². The molecule has 0 aliphatic carbocycles. The van der Waals surface area contributed by atoms with Gasteiger partial charge in [0.25, 0.3) is 0 Å². The van der Waals surface area contributed by atoms with Crippen LogP contribution in [0.25, 0.3) is 10.9 Å². The summed E-state index contributed by atoms with van der Waals surface area (Å²) >= 11 is 1.39. The van der Waals surface area contributed by atoms with Gasteiger partial charge in [0.15, 0.2) is 0 Å². The molecule has 1 aromatic heterocycles. The maximum absolute atomic E-state index is 12.6. The van der Waals surface area contributed by atoms with E-state index in [2.05, 4.69) is 9.97 Å². The summed E-state index contributed by atoms with van der Waals surface area (Å²) in [5.41, 5.74) is 6.31. The smallest absolute Gasteiger partial charge is 0.240 e. The second kappa shape index (κ2) is 7.17. The van der Waals surface area contributed by atoms with Gasteiger partial charge in [0.2, 0.25) is 11.8 Å². The van der Waals surface area contributed by atoms with Crippen LogP contribution in [0.15, 0.2) is 29.3 Å². The quantitative estimate of drug-likeness (QED) is 0.676. The molecule has 6 nitrogen and oxygen atoms in total. The third-order valence-electron chi connectivity index (χ3n) is 4.16. The first kappa shape index (κ1) is 16.7. The monoisotopic (exact) mass is 344 g/mol. The number of piperidine rings is 1. The molecule has 1 aliphatic rings. The standard InChI is InChI=1S/C17H20N4O2S/c1-11-19-13-7-3-2-6-12(13)17(20-11)24-10-15(22)21-9-5-4-8-14(21)16(18)23/h2-3,6-7,14H,4-5,8-10H2,1H3,(H2,18,23). The average molecular weight is 344 g/mol. The number of carbonyl (C=O) groups is 2. The van der Waals surface area contributed by atoms with Gasteiger partial charge in [0.1, 0.15) is 16.9 Å². The molecule has 1 saturated heterocycles. The maximum Gasteiger partial charge on any atom is 0.240 e. The Balaban J connectivity index is 1.76. The molecule has 2 amide bonds. The van der Waals surface area contributed by atoms with E-state index in [1.165, 1.54) is 11.8 Å². The molecular weight excluding hydrogens is 324 g/mol. The lowest BCUT2D eigenvalue weighted by Crippen LogP contribution is -2.51. The Kier molecular flexibility index (Phi) is 4.99. The van der Waals surface area contributed by atoms with Crippen molar-refractivity contribution in [1.82, 2.24) is 14.9 Å². The number of amides is 2. The molecule has 2 N–H and O–H groups in total. The number of hydrogen-bond acceptors (Lipinski definition) is 5. The summed E-state index contributed by atoms with van der Waals surface area (Å²) in [6.45, 7) is 2.43. The Morgan fingerprint density at radius 3 is 2.88 bits per heavy atom. The van der Waals surface area contributed by atoms with Gasteiger partial charge in [0, 0.05) is 11.9 Å². The van der Waals surface area contributed by atoms with Crippen LogP contribution in [0.4, 0.5) is 0 Å². The second-order valence-electron chi connectivity index (χ2n) is 5.88. The summed E-state index contributed by atoms with van der Waals surface area (Å²) in [5, 5.41) is 1.73. The number of aromatic nitrogens is 2. The molecule has 2 heterocycles. The fourth-order valence-corrected chi connectivity index (χ4v) is 3.96. The normalized spacial score (nSPS) is 17.9. The van der Waals surface area contributed by atoms with E-state index in [1.54, 1.807) is 4.90 Å². The van der Waals surface area contributed by atoms with Gasteiger partial charge < -0.3 is 10.6 Å². The van der Waals surface area contributed by atoms with Gasteiger partial charge in [-0.25, -0.2) is 9.97 Å². The lowest BCUT2D eigenvalue weighted by molar-refractivity contribution is -0.138. The van der Waals surface area contributed by atoms with Gasteiger partial charge in [-0.3, -0.25) is 9.59 Å². The van der Waals surface area contributed by atoms with Crippen LogP contribution < -0.4 is 5.73 Å². The highest BCUT2D eigenvalue weighted by Gasteiger charge is 2.30. The number of nitrogens with two attached hydrogens (primary N) is 1. The Labute approximate surface area is 144 Å². The summed E-state index contributed by atoms with van der Waals surface area (Å²) in [6, 6.07) is 7.27. The highest BCUT2D eigenvalue weighted by Crippen LogP contribution is 2.26. The number of hydrogen-bond donors (Lipinski definition) is 1. The van der Waals surface area contributed by atoms with Gasteiger partial charge in [-0.15, -0.1) is 0 Å². The highest BCUT2D eigenvalue weighted by molar-refractivity contribution is 8.00. The zero-order chi connectivity index (χ0) is 17.1. The zero-order valence-corrected chi connectivity index (χ0v) is 14.4. The molecule has 126 valence electrons. The number of benzene rings is 1. The Hall–Kier alpha value is -2.15. The van der Waals surface area contributed by atoms with E-state index < -0.39 is 11.9 Å². The van der Waals surface area contributed by atoms with Crippen LogP contribution in [0.1, 0.15) is 25.1 Å². The predicted octanol–water partition coefficient (Wildman–Crippen LogP) is 1.90. The first-order valence-electron chi connectivity index (χ1n) is 8.01. The van der Waals surface area contributed by atoms with Crippen LogP contribution >= 0.6 is 11.8 Å². The zero-order valence-electron chi connectivity index (χ0n) is 13.6. The number of likely N-dealkylation sites (tertiary alicyclic amines) is 1. The molecule has 1 atom stereocenters. The summed E-state index contributed by atoms with van der Waals surface area (Å²) in [4.78, 5) is 34.6. The number of nitrogens with zero attached hydrogens (tertiary/aromatic N) is 3. The molecule has 1 aliphatic heterocycles. The van der Waals surface area contributed by atoms with Gasteiger partial charge in [-0.2, -0.15) is 0 Å². The van der Waals surface area contributed by atoms with Crippen molar-refractivity contribution in [3.05, 3.63) is 30.1 Å². The number of fused-ring (bicyclic) bond motifs is 1.